The number of carbonyl (C=O) groups is 2. The number of benzene rings is 2. The Morgan fingerprint density at radius 1 is 1.07 bits per heavy atom. The molecule has 2 heterocycles. The van der Waals surface area contributed by atoms with Crippen LogP contribution in [0, 0.1) is 6.92 Å². The van der Waals surface area contributed by atoms with Gasteiger partial charge < -0.3 is 9.80 Å². The number of rotatable bonds is 3. The highest BCUT2D eigenvalue weighted by Gasteiger charge is 2.35. The third kappa shape index (κ3) is 3.61. The molecule has 0 N–H and O–H groups in total. The minimum absolute atomic E-state index is 0.0253. The number of anilines is 1. The minimum atomic E-state index is -0.208. The largest absolute Gasteiger partial charge is 0.325 e. The quantitative estimate of drug-likeness (QED) is 0.693. The van der Waals surface area contributed by atoms with Crippen molar-refractivity contribution in [2.24, 2.45) is 0 Å². The highest BCUT2D eigenvalue weighted by Crippen LogP contribution is 2.32. The normalized spacial score (nSPS) is 16.8. The number of amides is 2. The number of aromatic nitrogens is 2. The van der Waals surface area contributed by atoms with Crippen LogP contribution in [0.5, 0.6) is 0 Å². The fourth-order valence-electron chi connectivity index (χ4n) is 3.68. The molecule has 1 aromatic heterocycles. The second-order valence-electron chi connectivity index (χ2n) is 7.19. The van der Waals surface area contributed by atoms with Crippen molar-refractivity contribution in [2.75, 3.05) is 18.0 Å². The van der Waals surface area contributed by atoms with Crippen LogP contribution in [0.15, 0.2) is 67.1 Å². The van der Waals surface area contributed by atoms with Gasteiger partial charge in [-0.2, -0.15) is 0 Å². The lowest BCUT2D eigenvalue weighted by molar-refractivity contribution is -0.121. The second-order valence-corrected chi connectivity index (χ2v) is 7.19. The summed E-state index contributed by atoms with van der Waals surface area (Å²) < 4.78 is 0. The number of para-hydroxylation sites is 1. The van der Waals surface area contributed by atoms with Crippen molar-refractivity contribution < 1.29 is 9.59 Å². The molecule has 1 unspecified atom stereocenters. The van der Waals surface area contributed by atoms with E-state index < -0.39 is 0 Å². The third-order valence-corrected chi connectivity index (χ3v) is 5.27. The number of nitrogens with zero attached hydrogens (tertiary/aromatic N) is 4. The number of hydrogen-bond donors (Lipinski definition) is 0. The van der Waals surface area contributed by atoms with Gasteiger partial charge in [0.25, 0.3) is 5.91 Å². The van der Waals surface area contributed by atoms with Gasteiger partial charge in [-0.3, -0.25) is 9.59 Å². The molecule has 2 amide bonds. The molecule has 3 aromatic rings. The maximum absolute atomic E-state index is 13.1. The molecule has 29 heavy (non-hydrogen) atoms. The van der Waals surface area contributed by atoms with Gasteiger partial charge in [-0.15, -0.1) is 0 Å². The lowest BCUT2D eigenvalue weighted by Gasteiger charge is -2.40. The van der Waals surface area contributed by atoms with Crippen LogP contribution in [-0.2, 0) is 4.79 Å². The predicted octanol–water partition coefficient (Wildman–Crippen LogP) is 3.33. The van der Waals surface area contributed by atoms with Crippen LogP contribution in [0.4, 0.5) is 5.69 Å². The summed E-state index contributed by atoms with van der Waals surface area (Å²) in [6.07, 6.45) is 2.93. The molecule has 4 rings (SSSR count). The van der Waals surface area contributed by atoms with Crippen molar-refractivity contribution in [3.63, 3.8) is 0 Å². The van der Waals surface area contributed by atoms with Crippen LogP contribution >= 0.6 is 0 Å². The summed E-state index contributed by atoms with van der Waals surface area (Å²) in [6, 6.07) is 17.7. The summed E-state index contributed by atoms with van der Waals surface area (Å²) >= 11 is 0. The molecular weight excluding hydrogens is 364 g/mol. The van der Waals surface area contributed by atoms with E-state index in [1.165, 1.54) is 12.5 Å². The summed E-state index contributed by atoms with van der Waals surface area (Å²) in [5, 5.41) is 0. The van der Waals surface area contributed by atoms with E-state index in [0.29, 0.717) is 17.8 Å². The standard InChI is InChI=1S/C23H22N4O2/c1-16-13-27(21-11-7-6-10-19(21)18-8-4-3-5-9-18)22(28)14-26(16)23(29)20-12-24-15-25-17(20)2/h3-12,15-16H,13-14H2,1-2H3. The van der Waals surface area contributed by atoms with E-state index in [9.17, 15) is 9.59 Å². The Labute approximate surface area is 169 Å². The second kappa shape index (κ2) is 7.83. The van der Waals surface area contributed by atoms with Gasteiger partial charge in [0.15, 0.2) is 0 Å². The molecule has 1 saturated heterocycles. The number of hydrogen-bond acceptors (Lipinski definition) is 4. The Morgan fingerprint density at radius 3 is 2.55 bits per heavy atom. The van der Waals surface area contributed by atoms with Crippen LogP contribution in [0.2, 0.25) is 0 Å². The molecule has 0 saturated carbocycles. The topological polar surface area (TPSA) is 66.4 Å². The molecule has 0 bridgehead atoms. The van der Waals surface area contributed by atoms with Gasteiger partial charge in [-0.05, 0) is 25.5 Å². The van der Waals surface area contributed by atoms with Gasteiger partial charge in [0.1, 0.15) is 12.9 Å². The fraction of sp³-hybridized carbons (Fsp3) is 0.217. The Balaban J connectivity index is 1.62. The average Bonchev–Trinajstić information content (AvgIpc) is 2.75. The van der Waals surface area contributed by atoms with E-state index in [1.807, 2.05) is 61.5 Å². The fourth-order valence-corrected chi connectivity index (χ4v) is 3.68. The molecule has 1 atom stereocenters. The van der Waals surface area contributed by atoms with Gasteiger partial charge in [-0.25, -0.2) is 9.97 Å². The number of aryl methyl sites for hydroxylation is 1. The molecule has 1 fully saturated rings. The van der Waals surface area contributed by atoms with Gasteiger partial charge in [0.2, 0.25) is 5.91 Å². The Hall–Kier alpha value is -3.54. The first-order valence-corrected chi connectivity index (χ1v) is 9.58. The van der Waals surface area contributed by atoms with Gasteiger partial charge in [0, 0.05) is 24.3 Å². The average molecular weight is 386 g/mol. The molecular formula is C23H22N4O2. The highest BCUT2D eigenvalue weighted by atomic mass is 16.2. The van der Waals surface area contributed by atoms with Crippen molar-refractivity contribution in [1.29, 1.82) is 0 Å². The third-order valence-electron chi connectivity index (χ3n) is 5.27. The molecule has 0 spiro atoms. The summed E-state index contributed by atoms with van der Waals surface area (Å²) in [6.45, 7) is 4.19. The zero-order valence-corrected chi connectivity index (χ0v) is 16.4. The molecule has 0 radical (unpaired) electrons. The van der Waals surface area contributed by atoms with Gasteiger partial charge >= 0.3 is 0 Å². The van der Waals surface area contributed by atoms with Crippen molar-refractivity contribution in [1.82, 2.24) is 14.9 Å². The van der Waals surface area contributed by atoms with Crippen LogP contribution in [-0.4, -0.2) is 45.8 Å². The summed E-state index contributed by atoms with van der Waals surface area (Å²) in [7, 11) is 0. The van der Waals surface area contributed by atoms with Crippen molar-refractivity contribution in [2.45, 2.75) is 19.9 Å². The number of carbonyl (C=O) groups excluding carboxylic acids is 2. The van der Waals surface area contributed by atoms with Gasteiger partial charge in [0.05, 0.1) is 16.9 Å². The Morgan fingerprint density at radius 2 is 1.79 bits per heavy atom. The van der Waals surface area contributed by atoms with Crippen molar-refractivity contribution >= 4 is 17.5 Å². The summed E-state index contributed by atoms with van der Waals surface area (Å²) in [4.78, 5) is 37.5. The zero-order valence-electron chi connectivity index (χ0n) is 16.4. The highest BCUT2D eigenvalue weighted by molar-refractivity contribution is 6.04. The van der Waals surface area contributed by atoms with Crippen molar-refractivity contribution in [3.8, 4) is 11.1 Å². The van der Waals surface area contributed by atoms with E-state index in [4.69, 9.17) is 0 Å². The van der Waals surface area contributed by atoms with E-state index in [2.05, 4.69) is 9.97 Å². The van der Waals surface area contributed by atoms with E-state index in [1.54, 1.807) is 16.7 Å². The monoisotopic (exact) mass is 386 g/mol. The van der Waals surface area contributed by atoms with Crippen molar-refractivity contribution in [3.05, 3.63) is 78.4 Å². The summed E-state index contributed by atoms with van der Waals surface area (Å²) in [5.41, 5.74) is 3.97. The molecule has 0 aliphatic carbocycles. The van der Waals surface area contributed by atoms with Crippen LogP contribution in [0.1, 0.15) is 23.0 Å². The maximum atomic E-state index is 13.1. The molecule has 2 aromatic carbocycles. The zero-order chi connectivity index (χ0) is 20.4. The maximum Gasteiger partial charge on any atom is 0.258 e. The van der Waals surface area contributed by atoms with Crippen LogP contribution < -0.4 is 4.90 Å². The Kier molecular flexibility index (Phi) is 5.08. The predicted molar refractivity (Wildman–Crippen MR) is 111 cm³/mol. The molecule has 1 aliphatic rings. The van der Waals surface area contributed by atoms with Crippen LogP contribution in [0.25, 0.3) is 11.1 Å². The first-order chi connectivity index (χ1) is 14.1. The summed E-state index contributed by atoms with van der Waals surface area (Å²) in [5.74, 6) is -0.311. The first-order valence-electron chi connectivity index (χ1n) is 9.58. The Bertz CT molecular complexity index is 1050. The molecule has 1 aliphatic heterocycles. The first kappa shape index (κ1) is 18.8. The molecule has 6 heteroatoms. The molecule has 6 nitrogen and oxygen atoms in total. The smallest absolute Gasteiger partial charge is 0.258 e. The molecule has 146 valence electrons. The van der Waals surface area contributed by atoms with Gasteiger partial charge in [-0.1, -0.05) is 48.5 Å². The number of piperazine rings is 1. The van der Waals surface area contributed by atoms with E-state index in [-0.39, 0.29) is 24.4 Å². The SMILES string of the molecule is Cc1ncncc1C(=O)N1CC(=O)N(c2ccccc2-c2ccccc2)CC1C. The lowest BCUT2D eigenvalue weighted by Crippen LogP contribution is -2.57. The van der Waals surface area contributed by atoms with Crippen LogP contribution in [0.3, 0.4) is 0 Å². The minimum Gasteiger partial charge on any atom is -0.325 e. The lowest BCUT2D eigenvalue weighted by atomic mass is 10.0. The van der Waals surface area contributed by atoms with E-state index >= 15 is 0 Å². The van der Waals surface area contributed by atoms with E-state index in [0.717, 1.165) is 16.8 Å².